The average Bonchev–Trinajstić information content (AvgIpc) is 2.90. The number of likely N-dealkylation sites (tertiary alicyclic amines) is 2. The molecule has 0 bridgehead atoms. The van der Waals surface area contributed by atoms with Gasteiger partial charge in [0.25, 0.3) is 0 Å². The van der Waals surface area contributed by atoms with Crippen LogP contribution in [0.15, 0.2) is 11.6 Å². The fraction of sp³-hybridized carbons (Fsp3) is 0.793. The fourth-order valence-electron chi connectivity index (χ4n) is 4.55. The van der Waals surface area contributed by atoms with Gasteiger partial charge in [-0.25, -0.2) is 0 Å². The lowest BCUT2D eigenvalue weighted by atomic mass is 9.96. The summed E-state index contributed by atoms with van der Waals surface area (Å²) in [6.45, 7) is 17.7. The van der Waals surface area contributed by atoms with E-state index in [0.29, 0.717) is 31.4 Å². The van der Waals surface area contributed by atoms with Gasteiger partial charge in [0.05, 0.1) is 18.5 Å². The number of nitrogens with one attached hydrogen (secondary N) is 1. The Hall–Kier alpha value is -2.42. The number of nitrogens with zero attached hydrogens (tertiary/aromatic N) is 3. The standard InChI is InChI=1S/C18H29N3O5.C8H17N.C3H8/c1-12(2)15(20(4)16(23)9-19-11-22)8-13(3)17(24)21-7-5-6-14(10-21)18(25)26;1-8(2)9-6-4-3-5-7-9;1-3-2/h8,11-12,14-15H,5-7,9-10H2,1-4H3,(H,19,22)(H,25,26);8H,3-7H2,1-2H3;3H2,1-2H3/b13-8+;;. The summed E-state index contributed by atoms with van der Waals surface area (Å²) in [4.78, 5) is 52.0. The Morgan fingerprint density at radius 2 is 1.61 bits per heavy atom. The number of carboxylic acids is 1. The minimum absolute atomic E-state index is 0.0658. The zero-order valence-corrected chi connectivity index (χ0v) is 25.2. The number of hydrogen-bond acceptors (Lipinski definition) is 5. The molecule has 2 atom stereocenters. The molecule has 2 heterocycles. The molecular weight excluding hydrogens is 484 g/mol. The van der Waals surface area contributed by atoms with Crippen LogP contribution in [-0.2, 0) is 19.2 Å². The molecule has 2 aliphatic rings. The smallest absolute Gasteiger partial charge is 0.308 e. The second-order valence-corrected chi connectivity index (χ2v) is 10.9. The predicted octanol–water partition coefficient (Wildman–Crippen LogP) is 3.78. The number of hydrogen-bond donors (Lipinski definition) is 2. The minimum atomic E-state index is -0.878. The summed E-state index contributed by atoms with van der Waals surface area (Å²) in [5, 5.41) is 11.5. The monoisotopic (exact) mass is 538 g/mol. The highest BCUT2D eigenvalue weighted by atomic mass is 16.4. The third kappa shape index (κ3) is 13.4. The molecule has 0 radical (unpaired) electrons. The molecule has 0 aromatic rings. The number of carboxylic acid groups (broad SMARTS) is 1. The van der Waals surface area contributed by atoms with Gasteiger partial charge in [-0.15, -0.1) is 0 Å². The van der Waals surface area contributed by atoms with Crippen LogP contribution in [0.25, 0.3) is 0 Å². The van der Waals surface area contributed by atoms with Crippen molar-refractivity contribution >= 4 is 24.2 Å². The molecule has 2 fully saturated rings. The lowest BCUT2D eigenvalue weighted by Gasteiger charge is -2.32. The van der Waals surface area contributed by atoms with E-state index < -0.39 is 11.9 Å². The number of amides is 3. The van der Waals surface area contributed by atoms with E-state index in [1.807, 2.05) is 13.8 Å². The maximum absolute atomic E-state index is 12.7. The lowest BCUT2D eigenvalue weighted by Crippen LogP contribution is -2.45. The summed E-state index contributed by atoms with van der Waals surface area (Å²) in [7, 11) is 1.63. The van der Waals surface area contributed by atoms with Gasteiger partial charge in [0.1, 0.15) is 0 Å². The largest absolute Gasteiger partial charge is 0.481 e. The van der Waals surface area contributed by atoms with E-state index >= 15 is 0 Å². The van der Waals surface area contributed by atoms with Gasteiger partial charge in [-0.3, -0.25) is 19.2 Å². The highest BCUT2D eigenvalue weighted by molar-refractivity contribution is 5.93. The van der Waals surface area contributed by atoms with Crippen molar-refractivity contribution in [1.82, 2.24) is 20.0 Å². The molecule has 220 valence electrons. The number of aliphatic carboxylic acids is 1. The van der Waals surface area contributed by atoms with Crippen LogP contribution in [0.2, 0.25) is 0 Å². The predicted molar refractivity (Wildman–Crippen MR) is 153 cm³/mol. The number of carbonyl (C=O) groups is 4. The van der Waals surface area contributed by atoms with Crippen LogP contribution < -0.4 is 5.32 Å². The molecule has 0 aromatic carbocycles. The van der Waals surface area contributed by atoms with E-state index in [1.54, 1.807) is 24.9 Å². The van der Waals surface area contributed by atoms with Gasteiger partial charge in [0.15, 0.2) is 0 Å². The summed E-state index contributed by atoms with van der Waals surface area (Å²) in [6, 6.07) is 0.463. The van der Waals surface area contributed by atoms with Crippen LogP contribution in [0.1, 0.15) is 87.0 Å². The van der Waals surface area contributed by atoms with Crippen LogP contribution in [-0.4, -0.2) is 95.9 Å². The topological polar surface area (TPSA) is 110 Å². The molecule has 9 nitrogen and oxygen atoms in total. The van der Waals surface area contributed by atoms with Crippen molar-refractivity contribution in [2.45, 2.75) is 99.1 Å². The van der Waals surface area contributed by atoms with Crippen molar-refractivity contribution in [2.75, 3.05) is 39.8 Å². The molecule has 0 aliphatic carbocycles. The van der Waals surface area contributed by atoms with Gasteiger partial charge in [0.2, 0.25) is 18.2 Å². The van der Waals surface area contributed by atoms with Crippen LogP contribution in [0.4, 0.5) is 0 Å². The first-order valence-corrected chi connectivity index (χ1v) is 14.3. The molecule has 9 heteroatoms. The van der Waals surface area contributed by atoms with Gasteiger partial charge < -0.3 is 25.1 Å². The first-order chi connectivity index (χ1) is 17.9. The zero-order valence-electron chi connectivity index (χ0n) is 25.2. The van der Waals surface area contributed by atoms with E-state index in [4.69, 9.17) is 0 Å². The Morgan fingerprint density at radius 3 is 2.05 bits per heavy atom. The van der Waals surface area contributed by atoms with Crippen LogP contribution in [0.3, 0.4) is 0 Å². The molecule has 0 saturated carbocycles. The Kier molecular flexibility index (Phi) is 18.4. The molecule has 2 rings (SSSR count). The van der Waals surface area contributed by atoms with Crippen LogP contribution in [0, 0.1) is 11.8 Å². The second kappa shape index (κ2) is 19.6. The highest BCUT2D eigenvalue weighted by Gasteiger charge is 2.29. The second-order valence-electron chi connectivity index (χ2n) is 10.9. The Bertz CT molecular complexity index is 747. The number of piperidine rings is 2. The lowest BCUT2D eigenvalue weighted by molar-refractivity contribution is -0.145. The molecule has 38 heavy (non-hydrogen) atoms. The van der Waals surface area contributed by atoms with E-state index in [2.05, 4.69) is 37.9 Å². The van der Waals surface area contributed by atoms with E-state index in [0.717, 1.165) is 6.04 Å². The SMILES string of the molecule is C/C(=C\C(C(C)C)N(C)C(=O)CNC=O)C(=O)N1CCCC(C(=O)O)C1.CC(C)N1CCCCC1.CCC. The molecule has 0 aromatic heterocycles. The average molecular weight is 539 g/mol. The van der Waals surface area contributed by atoms with Crippen LogP contribution in [0.5, 0.6) is 0 Å². The van der Waals surface area contributed by atoms with Gasteiger partial charge >= 0.3 is 5.97 Å². The van der Waals surface area contributed by atoms with Crippen molar-refractivity contribution in [3.8, 4) is 0 Å². The minimum Gasteiger partial charge on any atom is -0.481 e. The zero-order chi connectivity index (χ0) is 29.3. The first-order valence-electron chi connectivity index (χ1n) is 14.3. The number of likely N-dealkylation sites (N-methyl/N-ethyl adjacent to an activating group) is 1. The molecule has 2 N–H and O–H groups in total. The van der Waals surface area contributed by atoms with Crippen LogP contribution >= 0.6 is 0 Å². The molecule has 2 unspecified atom stereocenters. The molecule has 2 saturated heterocycles. The van der Waals surface area contributed by atoms with Gasteiger partial charge in [-0.05, 0) is 65.5 Å². The van der Waals surface area contributed by atoms with Gasteiger partial charge in [-0.1, -0.05) is 46.6 Å². The van der Waals surface area contributed by atoms with Gasteiger partial charge in [-0.2, -0.15) is 0 Å². The van der Waals surface area contributed by atoms with Crippen molar-refractivity contribution < 1.29 is 24.3 Å². The summed E-state index contributed by atoms with van der Waals surface area (Å²) < 4.78 is 0. The molecular formula is C29H54N4O5. The third-order valence-corrected chi connectivity index (χ3v) is 6.80. The fourth-order valence-corrected chi connectivity index (χ4v) is 4.55. The quantitative estimate of drug-likeness (QED) is 0.341. The maximum atomic E-state index is 12.7. The Morgan fingerprint density at radius 1 is 1.03 bits per heavy atom. The maximum Gasteiger partial charge on any atom is 0.308 e. The van der Waals surface area contributed by atoms with E-state index in [1.165, 1.54) is 43.7 Å². The van der Waals surface area contributed by atoms with Crippen molar-refractivity contribution in [3.05, 3.63) is 11.6 Å². The van der Waals surface area contributed by atoms with E-state index in [9.17, 15) is 24.3 Å². The molecule has 2 aliphatic heterocycles. The summed E-state index contributed by atoms with van der Waals surface area (Å²) in [5.41, 5.74) is 0.484. The molecule has 3 amide bonds. The molecule has 0 spiro atoms. The van der Waals surface area contributed by atoms with E-state index in [-0.39, 0.29) is 36.9 Å². The summed E-state index contributed by atoms with van der Waals surface area (Å²) >= 11 is 0. The van der Waals surface area contributed by atoms with Crippen molar-refractivity contribution in [2.24, 2.45) is 11.8 Å². The van der Waals surface area contributed by atoms with Crippen molar-refractivity contribution in [3.63, 3.8) is 0 Å². The first kappa shape index (κ1) is 35.6. The Balaban J connectivity index is 0.000000938. The highest BCUT2D eigenvalue weighted by Crippen LogP contribution is 2.20. The number of rotatable bonds is 9. The normalized spacial score (nSPS) is 18.9. The summed E-state index contributed by atoms with van der Waals surface area (Å²) in [5.74, 6) is -1.79. The van der Waals surface area contributed by atoms with Crippen molar-refractivity contribution in [1.29, 1.82) is 0 Å². The Labute approximate surface area is 231 Å². The summed E-state index contributed by atoms with van der Waals surface area (Å²) in [6.07, 6.45) is 8.99. The number of carbonyl (C=O) groups excluding carboxylic acids is 3. The third-order valence-electron chi connectivity index (χ3n) is 6.80. The van der Waals surface area contributed by atoms with Gasteiger partial charge in [0, 0.05) is 31.8 Å².